The van der Waals surface area contributed by atoms with Crippen LogP contribution in [0, 0.1) is 0 Å². The molecule has 0 amide bonds. The Bertz CT molecular complexity index is 176. The van der Waals surface area contributed by atoms with Gasteiger partial charge in [0.1, 0.15) is 5.83 Å². The van der Waals surface area contributed by atoms with Crippen LogP contribution in [-0.4, -0.2) is 11.1 Å². The number of halogens is 1. The van der Waals surface area contributed by atoms with Crippen molar-refractivity contribution in [2.24, 2.45) is 0 Å². The molecule has 0 aliphatic rings. The minimum atomic E-state index is -1.20. The molecule has 0 aromatic carbocycles. The van der Waals surface area contributed by atoms with Crippen LogP contribution >= 0.6 is 0 Å². The smallest absolute Gasteiger partial charge is 0.330 e. The summed E-state index contributed by atoms with van der Waals surface area (Å²) >= 11 is 0. The van der Waals surface area contributed by atoms with Crippen LogP contribution in [0.1, 0.15) is 45.4 Å². The Morgan fingerprint density at radius 2 is 1.92 bits per heavy atom. The fraction of sp³-hybridized carbons (Fsp3) is 0.700. The van der Waals surface area contributed by atoms with Gasteiger partial charge in [-0.1, -0.05) is 32.6 Å². The third kappa shape index (κ3) is 9.05. The second kappa shape index (κ2) is 7.77. The summed E-state index contributed by atoms with van der Waals surface area (Å²) in [5.41, 5.74) is 0. The van der Waals surface area contributed by atoms with Crippen LogP contribution in [0.25, 0.3) is 0 Å². The molecule has 13 heavy (non-hydrogen) atoms. The van der Waals surface area contributed by atoms with E-state index >= 15 is 0 Å². The number of carboxylic acids is 1. The van der Waals surface area contributed by atoms with Crippen molar-refractivity contribution in [1.29, 1.82) is 0 Å². The van der Waals surface area contributed by atoms with Gasteiger partial charge in [0.25, 0.3) is 0 Å². The highest BCUT2D eigenvalue weighted by molar-refractivity contribution is 5.80. The molecule has 1 N–H and O–H groups in total. The van der Waals surface area contributed by atoms with E-state index in [1.807, 2.05) is 0 Å². The average Bonchev–Trinajstić information content (AvgIpc) is 2.02. The molecule has 76 valence electrons. The van der Waals surface area contributed by atoms with Crippen molar-refractivity contribution in [1.82, 2.24) is 0 Å². The number of aliphatic carboxylic acids is 1. The quantitative estimate of drug-likeness (QED) is 0.491. The predicted molar refractivity (Wildman–Crippen MR) is 50.2 cm³/mol. The summed E-state index contributed by atoms with van der Waals surface area (Å²) in [7, 11) is 0. The molecule has 0 aromatic heterocycles. The highest BCUT2D eigenvalue weighted by Gasteiger charge is 1.98. The minimum absolute atomic E-state index is 0.260. The SMILES string of the molecule is CCCCCCC/C(F)=C/C(=O)O. The van der Waals surface area contributed by atoms with Crippen molar-refractivity contribution in [3.63, 3.8) is 0 Å². The molecule has 0 atom stereocenters. The molecule has 0 heterocycles. The molecule has 0 fully saturated rings. The molecule has 0 radical (unpaired) electrons. The molecule has 0 spiro atoms. The molecule has 0 saturated heterocycles. The van der Waals surface area contributed by atoms with Gasteiger partial charge < -0.3 is 5.11 Å². The van der Waals surface area contributed by atoms with Gasteiger partial charge in [-0.2, -0.15) is 0 Å². The van der Waals surface area contributed by atoms with Gasteiger partial charge in [0.15, 0.2) is 0 Å². The van der Waals surface area contributed by atoms with Crippen LogP contribution in [-0.2, 0) is 4.79 Å². The van der Waals surface area contributed by atoms with Gasteiger partial charge in [0.2, 0.25) is 0 Å². The van der Waals surface area contributed by atoms with Crippen molar-refractivity contribution in [2.75, 3.05) is 0 Å². The molecular weight excluding hydrogens is 171 g/mol. The summed E-state index contributed by atoms with van der Waals surface area (Å²) in [5, 5.41) is 8.21. The standard InChI is InChI=1S/C10H17FO2/c1-2-3-4-5-6-7-9(11)8-10(12)13/h8H,2-7H2,1H3,(H,12,13)/b9-8-. The number of carbonyl (C=O) groups is 1. The Morgan fingerprint density at radius 1 is 1.31 bits per heavy atom. The number of unbranched alkanes of at least 4 members (excludes halogenated alkanes) is 4. The molecule has 3 heteroatoms. The van der Waals surface area contributed by atoms with Crippen molar-refractivity contribution < 1.29 is 14.3 Å². The van der Waals surface area contributed by atoms with E-state index in [2.05, 4.69) is 6.92 Å². The van der Waals surface area contributed by atoms with Crippen LogP contribution in [0.4, 0.5) is 4.39 Å². The number of carboxylic acid groups (broad SMARTS) is 1. The molecule has 0 aliphatic carbocycles. The summed E-state index contributed by atoms with van der Waals surface area (Å²) in [6.45, 7) is 2.12. The van der Waals surface area contributed by atoms with Crippen molar-refractivity contribution >= 4 is 5.97 Å². The third-order valence-corrected chi connectivity index (χ3v) is 1.80. The molecular formula is C10H17FO2. The van der Waals surface area contributed by atoms with E-state index in [4.69, 9.17) is 5.11 Å². The van der Waals surface area contributed by atoms with E-state index < -0.39 is 11.8 Å². The van der Waals surface area contributed by atoms with Crippen molar-refractivity contribution in [2.45, 2.75) is 45.4 Å². The Kier molecular flexibility index (Phi) is 7.26. The van der Waals surface area contributed by atoms with Gasteiger partial charge in [-0.3, -0.25) is 0 Å². The molecule has 0 unspecified atom stereocenters. The Labute approximate surface area is 78.5 Å². The minimum Gasteiger partial charge on any atom is -0.478 e. The van der Waals surface area contributed by atoms with Crippen LogP contribution in [0.2, 0.25) is 0 Å². The lowest BCUT2D eigenvalue weighted by molar-refractivity contribution is -0.131. The van der Waals surface area contributed by atoms with Crippen molar-refractivity contribution in [3.8, 4) is 0 Å². The normalized spacial score (nSPS) is 11.7. The predicted octanol–water partition coefficient (Wildman–Crippen LogP) is 3.28. The lowest BCUT2D eigenvalue weighted by Gasteiger charge is -1.97. The van der Waals surface area contributed by atoms with E-state index in [9.17, 15) is 9.18 Å². The second-order valence-corrected chi connectivity index (χ2v) is 3.09. The Morgan fingerprint density at radius 3 is 2.46 bits per heavy atom. The zero-order valence-electron chi connectivity index (χ0n) is 8.05. The van der Waals surface area contributed by atoms with Crippen LogP contribution in [0.15, 0.2) is 11.9 Å². The van der Waals surface area contributed by atoms with E-state index in [0.29, 0.717) is 6.08 Å². The fourth-order valence-corrected chi connectivity index (χ4v) is 1.10. The summed E-state index contributed by atoms with van der Waals surface area (Å²) < 4.78 is 12.6. The molecule has 0 bridgehead atoms. The Hall–Kier alpha value is -0.860. The first-order chi connectivity index (χ1) is 6.16. The van der Waals surface area contributed by atoms with Gasteiger partial charge in [0.05, 0.1) is 6.08 Å². The summed E-state index contributed by atoms with van der Waals surface area (Å²) in [6, 6.07) is 0. The van der Waals surface area contributed by atoms with Gasteiger partial charge in [-0.25, -0.2) is 9.18 Å². The molecule has 0 rings (SSSR count). The van der Waals surface area contributed by atoms with Crippen LogP contribution < -0.4 is 0 Å². The molecule has 2 nitrogen and oxygen atoms in total. The topological polar surface area (TPSA) is 37.3 Å². The summed E-state index contributed by atoms with van der Waals surface area (Å²) in [4.78, 5) is 10.0. The summed E-state index contributed by atoms with van der Waals surface area (Å²) in [6.07, 6.45) is 6.06. The maximum atomic E-state index is 12.6. The van der Waals surface area contributed by atoms with Gasteiger partial charge in [-0.15, -0.1) is 0 Å². The van der Waals surface area contributed by atoms with Gasteiger partial charge in [-0.05, 0) is 12.8 Å². The maximum absolute atomic E-state index is 12.6. The monoisotopic (exact) mass is 188 g/mol. The highest BCUT2D eigenvalue weighted by atomic mass is 19.1. The first-order valence-electron chi connectivity index (χ1n) is 4.75. The number of rotatable bonds is 7. The zero-order chi connectivity index (χ0) is 10.1. The van der Waals surface area contributed by atoms with Crippen LogP contribution in [0.5, 0.6) is 0 Å². The van der Waals surface area contributed by atoms with E-state index in [1.54, 1.807) is 0 Å². The third-order valence-electron chi connectivity index (χ3n) is 1.80. The zero-order valence-corrected chi connectivity index (χ0v) is 8.05. The number of hydrogen-bond donors (Lipinski definition) is 1. The largest absolute Gasteiger partial charge is 0.478 e. The molecule has 0 saturated carbocycles. The lowest BCUT2D eigenvalue weighted by Crippen LogP contribution is -1.89. The average molecular weight is 188 g/mol. The van der Waals surface area contributed by atoms with E-state index in [-0.39, 0.29) is 6.42 Å². The maximum Gasteiger partial charge on any atom is 0.330 e. The Balaban J connectivity index is 3.37. The van der Waals surface area contributed by atoms with Gasteiger partial charge >= 0.3 is 5.97 Å². The van der Waals surface area contributed by atoms with E-state index in [0.717, 1.165) is 25.7 Å². The first kappa shape index (κ1) is 12.1. The molecule has 0 aromatic rings. The fourth-order valence-electron chi connectivity index (χ4n) is 1.10. The van der Waals surface area contributed by atoms with E-state index in [1.165, 1.54) is 6.42 Å². The number of hydrogen-bond acceptors (Lipinski definition) is 1. The van der Waals surface area contributed by atoms with Crippen LogP contribution in [0.3, 0.4) is 0 Å². The van der Waals surface area contributed by atoms with Gasteiger partial charge in [0, 0.05) is 0 Å². The number of allylic oxidation sites excluding steroid dienone is 1. The second-order valence-electron chi connectivity index (χ2n) is 3.09. The van der Waals surface area contributed by atoms with Crippen molar-refractivity contribution in [3.05, 3.63) is 11.9 Å². The summed E-state index contributed by atoms with van der Waals surface area (Å²) in [5.74, 6) is -1.73. The highest BCUT2D eigenvalue weighted by Crippen LogP contribution is 2.11. The lowest BCUT2D eigenvalue weighted by atomic mass is 10.1. The molecule has 0 aliphatic heterocycles. The first-order valence-corrected chi connectivity index (χ1v) is 4.75.